The summed E-state index contributed by atoms with van der Waals surface area (Å²) in [6.45, 7) is 3.75. The molecule has 22 heavy (non-hydrogen) atoms. The van der Waals surface area contributed by atoms with E-state index >= 15 is 0 Å². The third-order valence-electron chi connectivity index (χ3n) is 4.15. The van der Waals surface area contributed by atoms with Crippen LogP contribution in [-0.4, -0.2) is 36.3 Å². The van der Waals surface area contributed by atoms with Crippen LogP contribution in [0.25, 0.3) is 0 Å². The summed E-state index contributed by atoms with van der Waals surface area (Å²) in [6, 6.07) is 6.32. The van der Waals surface area contributed by atoms with Crippen LogP contribution in [-0.2, 0) is 16.0 Å². The fourth-order valence-corrected chi connectivity index (χ4v) is 2.74. The zero-order valence-electron chi connectivity index (χ0n) is 13.0. The van der Waals surface area contributed by atoms with E-state index in [2.05, 4.69) is 5.32 Å². The fourth-order valence-electron chi connectivity index (χ4n) is 2.74. The van der Waals surface area contributed by atoms with Crippen LogP contribution in [0.1, 0.15) is 31.7 Å². The second-order valence-electron chi connectivity index (χ2n) is 5.68. The number of nitrogens with one attached hydrogen (secondary N) is 1. The van der Waals surface area contributed by atoms with Gasteiger partial charge in [0.05, 0.1) is 0 Å². The highest BCUT2D eigenvalue weighted by Gasteiger charge is 2.26. The lowest BCUT2D eigenvalue weighted by atomic mass is 9.95. The Morgan fingerprint density at radius 1 is 1.23 bits per heavy atom. The molecule has 1 fully saturated rings. The molecule has 0 radical (unpaired) electrons. The highest BCUT2D eigenvalue weighted by atomic mass is 19.1. The number of halogens is 1. The molecule has 1 N–H and O–H groups in total. The van der Waals surface area contributed by atoms with Gasteiger partial charge in [0.25, 0.3) is 0 Å². The standard InChI is InChI=1S/C17H23FN2O2/c1-2-16(21)20-11-8-14(9-12-20)17(22)19-10-7-13-3-5-15(18)6-4-13/h3-6,14H,2,7-12H2,1H3,(H,19,22). The first-order chi connectivity index (χ1) is 10.6. The minimum atomic E-state index is -0.249. The number of amides is 2. The van der Waals surface area contributed by atoms with Gasteiger partial charge in [0.15, 0.2) is 0 Å². The Balaban J connectivity index is 1.70. The van der Waals surface area contributed by atoms with Gasteiger partial charge in [-0.25, -0.2) is 4.39 Å². The number of hydrogen-bond acceptors (Lipinski definition) is 2. The molecule has 0 unspecified atom stereocenters. The first kappa shape index (κ1) is 16.5. The maximum absolute atomic E-state index is 12.8. The number of nitrogens with zero attached hydrogens (tertiary/aromatic N) is 1. The SMILES string of the molecule is CCC(=O)N1CCC(C(=O)NCCc2ccc(F)cc2)CC1. The summed E-state index contributed by atoms with van der Waals surface area (Å²) >= 11 is 0. The van der Waals surface area contributed by atoms with Crippen molar-refractivity contribution in [3.8, 4) is 0 Å². The Bertz CT molecular complexity index is 508. The van der Waals surface area contributed by atoms with Crippen molar-refractivity contribution >= 4 is 11.8 Å². The normalized spacial score (nSPS) is 15.6. The summed E-state index contributed by atoms with van der Waals surface area (Å²) in [7, 11) is 0. The number of carbonyl (C=O) groups excluding carboxylic acids is 2. The summed E-state index contributed by atoms with van der Waals surface area (Å²) in [5.74, 6) is -0.0313. The highest BCUT2D eigenvalue weighted by molar-refractivity contribution is 5.80. The largest absolute Gasteiger partial charge is 0.356 e. The van der Waals surface area contributed by atoms with Crippen LogP contribution in [0.2, 0.25) is 0 Å². The Hall–Kier alpha value is -1.91. The maximum Gasteiger partial charge on any atom is 0.223 e. The molecule has 0 aliphatic carbocycles. The Morgan fingerprint density at radius 3 is 2.45 bits per heavy atom. The van der Waals surface area contributed by atoms with Gasteiger partial charge in [0.2, 0.25) is 11.8 Å². The predicted molar refractivity (Wildman–Crippen MR) is 82.7 cm³/mol. The van der Waals surface area contributed by atoms with Crippen molar-refractivity contribution in [1.82, 2.24) is 10.2 Å². The summed E-state index contributed by atoms with van der Waals surface area (Å²) in [6.07, 6.45) is 2.68. The molecule has 0 bridgehead atoms. The van der Waals surface area contributed by atoms with Crippen molar-refractivity contribution in [2.24, 2.45) is 5.92 Å². The number of likely N-dealkylation sites (tertiary alicyclic amines) is 1. The first-order valence-corrected chi connectivity index (χ1v) is 7.90. The average molecular weight is 306 g/mol. The smallest absolute Gasteiger partial charge is 0.223 e. The van der Waals surface area contributed by atoms with E-state index in [0.29, 0.717) is 32.5 Å². The minimum absolute atomic E-state index is 0.00544. The second kappa shape index (κ2) is 7.92. The molecule has 1 aromatic rings. The van der Waals surface area contributed by atoms with Crippen molar-refractivity contribution in [3.63, 3.8) is 0 Å². The van der Waals surface area contributed by atoms with E-state index in [1.807, 2.05) is 11.8 Å². The van der Waals surface area contributed by atoms with Gasteiger partial charge in [-0.2, -0.15) is 0 Å². The quantitative estimate of drug-likeness (QED) is 0.906. The van der Waals surface area contributed by atoms with E-state index in [4.69, 9.17) is 0 Å². The van der Waals surface area contributed by atoms with Crippen LogP contribution in [0.5, 0.6) is 0 Å². The van der Waals surface area contributed by atoms with Gasteiger partial charge < -0.3 is 10.2 Å². The maximum atomic E-state index is 12.8. The summed E-state index contributed by atoms with van der Waals surface area (Å²) < 4.78 is 12.8. The third kappa shape index (κ3) is 4.55. The molecular weight excluding hydrogens is 283 g/mol. The lowest BCUT2D eigenvalue weighted by molar-refractivity contribution is -0.135. The fraction of sp³-hybridized carbons (Fsp3) is 0.529. The third-order valence-corrected chi connectivity index (χ3v) is 4.15. The summed E-state index contributed by atoms with van der Waals surface area (Å²) in [5.41, 5.74) is 1.00. The van der Waals surface area contributed by atoms with Gasteiger partial charge in [0, 0.05) is 32.0 Å². The molecule has 0 atom stereocenters. The van der Waals surface area contributed by atoms with E-state index < -0.39 is 0 Å². The van der Waals surface area contributed by atoms with Crippen LogP contribution in [0, 0.1) is 11.7 Å². The highest BCUT2D eigenvalue weighted by Crippen LogP contribution is 2.18. The molecule has 1 heterocycles. The van der Waals surface area contributed by atoms with Crippen molar-refractivity contribution in [2.45, 2.75) is 32.6 Å². The van der Waals surface area contributed by atoms with Gasteiger partial charge in [-0.1, -0.05) is 19.1 Å². The molecule has 2 amide bonds. The molecule has 0 spiro atoms. The Labute approximate surface area is 130 Å². The molecule has 0 aromatic heterocycles. The number of rotatable bonds is 5. The summed E-state index contributed by atoms with van der Waals surface area (Å²) in [5, 5.41) is 2.94. The number of carbonyl (C=O) groups is 2. The van der Waals surface area contributed by atoms with Gasteiger partial charge in [-0.05, 0) is 37.0 Å². The van der Waals surface area contributed by atoms with Crippen LogP contribution in [0.3, 0.4) is 0 Å². The van der Waals surface area contributed by atoms with Crippen molar-refractivity contribution < 1.29 is 14.0 Å². The molecule has 1 aliphatic rings. The zero-order chi connectivity index (χ0) is 15.9. The van der Waals surface area contributed by atoms with Crippen LogP contribution in [0.15, 0.2) is 24.3 Å². The van der Waals surface area contributed by atoms with Crippen molar-refractivity contribution in [1.29, 1.82) is 0 Å². The average Bonchev–Trinajstić information content (AvgIpc) is 2.56. The Morgan fingerprint density at radius 2 is 1.86 bits per heavy atom. The number of hydrogen-bond donors (Lipinski definition) is 1. The topological polar surface area (TPSA) is 49.4 Å². The molecule has 4 nitrogen and oxygen atoms in total. The van der Waals surface area contributed by atoms with Gasteiger partial charge in [-0.3, -0.25) is 9.59 Å². The van der Waals surface area contributed by atoms with Crippen molar-refractivity contribution in [2.75, 3.05) is 19.6 Å². The molecule has 0 saturated carbocycles. The van der Waals surface area contributed by atoms with E-state index in [9.17, 15) is 14.0 Å². The van der Waals surface area contributed by atoms with Gasteiger partial charge in [0.1, 0.15) is 5.82 Å². The van der Waals surface area contributed by atoms with E-state index in [0.717, 1.165) is 18.4 Å². The van der Waals surface area contributed by atoms with E-state index in [-0.39, 0.29) is 23.5 Å². The Kier molecular flexibility index (Phi) is 5.92. The summed E-state index contributed by atoms with van der Waals surface area (Å²) in [4.78, 5) is 25.5. The first-order valence-electron chi connectivity index (χ1n) is 7.90. The molecule has 5 heteroatoms. The van der Waals surface area contributed by atoms with Gasteiger partial charge in [-0.15, -0.1) is 0 Å². The van der Waals surface area contributed by atoms with Crippen LogP contribution in [0.4, 0.5) is 4.39 Å². The molecule has 2 rings (SSSR count). The molecular formula is C17H23FN2O2. The lowest BCUT2D eigenvalue weighted by Gasteiger charge is -2.31. The number of piperidine rings is 1. The van der Waals surface area contributed by atoms with Crippen LogP contribution >= 0.6 is 0 Å². The van der Waals surface area contributed by atoms with Crippen LogP contribution < -0.4 is 5.32 Å². The molecule has 1 aromatic carbocycles. The predicted octanol–water partition coefficient (Wildman–Crippen LogP) is 2.13. The monoisotopic (exact) mass is 306 g/mol. The van der Waals surface area contributed by atoms with Gasteiger partial charge >= 0.3 is 0 Å². The second-order valence-corrected chi connectivity index (χ2v) is 5.68. The van der Waals surface area contributed by atoms with E-state index in [1.165, 1.54) is 12.1 Å². The van der Waals surface area contributed by atoms with Crippen molar-refractivity contribution in [3.05, 3.63) is 35.6 Å². The molecule has 120 valence electrons. The molecule has 1 saturated heterocycles. The zero-order valence-corrected chi connectivity index (χ0v) is 13.0. The van der Waals surface area contributed by atoms with E-state index in [1.54, 1.807) is 12.1 Å². The molecule has 1 aliphatic heterocycles. The minimum Gasteiger partial charge on any atom is -0.356 e. The number of benzene rings is 1. The lowest BCUT2D eigenvalue weighted by Crippen LogP contribution is -2.43.